The van der Waals surface area contributed by atoms with Crippen molar-refractivity contribution in [3.63, 3.8) is 0 Å². The molecule has 7 aromatic carbocycles. The Morgan fingerprint density at radius 1 is 0.418 bits per heavy atom. The van der Waals surface area contributed by atoms with Crippen molar-refractivity contribution in [3.8, 4) is 45.0 Å². The molecule has 0 amide bonds. The predicted octanol–water partition coefficient (Wildman–Crippen LogP) is 16.0. The maximum absolute atomic E-state index is 5.77. The molecule has 0 aliphatic heterocycles. The minimum atomic E-state index is -0.647. The predicted molar refractivity (Wildman–Crippen MR) is 277 cm³/mol. The van der Waals surface area contributed by atoms with Crippen molar-refractivity contribution in [2.24, 2.45) is 0 Å². The standard InChI is InChI=1S/C63H46N2.C2H6/c1-61(2)48-27-11-6-21-41(48)46-36-35-40(37-56(46)61)58-38-57(39-19-4-3-5-20-39)64-60(65-58)47-26-18-34-55-59(47)63(51-30-14-9-24-44(51)45-25-10-15-31-52(45)63)54-33-17-16-32-53(54)62(55)49-28-12-7-22-42(49)43-23-8-13-29-50(43)62;1-2/h3-5,7-12,14-20,22-28,30-38H,6,13,21,29H2,1-2H3;1-2H3. The van der Waals surface area contributed by atoms with Crippen LogP contribution in [0.3, 0.4) is 0 Å². The highest BCUT2D eigenvalue weighted by molar-refractivity contribution is 5.97. The van der Waals surface area contributed by atoms with Crippen molar-refractivity contribution >= 4 is 11.1 Å². The Balaban J connectivity index is 0.00000220. The Labute approximate surface area is 394 Å². The summed E-state index contributed by atoms with van der Waals surface area (Å²) in [6, 6.07) is 64.1. The number of aromatic nitrogens is 2. The Hall–Kier alpha value is -7.42. The second-order valence-electron chi connectivity index (χ2n) is 19.3. The lowest BCUT2D eigenvalue weighted by molar-refractivity contribution is 0.606. The maximum atomic E-state index is 5.77. The fraction of sp³-hybridized carbons (Fsp3) is 0.169. The van der Waals surface area contributed by atoms with Crippen LogP contribution in [0.15, 0.2) is 205 Å². The summed E-state index contributed by atoms with van der Waals surface area (Å²) in [6.45, 7) is 8.78. The van der Waals surface area contributed by atoms with E-state index >= 15 is 0 Å². The Bertz CT molecular complexity index is 3470. The lowest BCUT2D eigenvalue weighted by Crippen LogP contribution is -2.44. The highest BCUT2D eigenvalue weighted by Gasteiger charge is 2.60. The second kappa shape index (κ2) is 14.8. The summed E-state index contributed by atoms with van der Waals surface area (Å²) in [5.74, 6) is 0.748. The van der Waals surface area contributed by atoms with Crippen molar-refractivity contribution in [2.75, 3.05) is 0 Å². The van der Waals surface area contributed by atoms with Gasteiger partial charge in [0.1, 0.15) is 0 Å². The molecule has 0 saturated carbocycles. The van der Waals surface area contributed by atoms with Crippen LogP contribution in [0.5, 0.6) is 0 Å². The first-order valence-corrected chi connectivity index (χ1v) is 24.4. The summed E-state index contributed by atoms with van der Waals surface area (Å²) in [7, 11) is 0. The van der Waals surface area contributed by atoms with Crippen molar-refractivity contribution < 1.29 is 0 Å². The molecule has 2 nitrogen and oxygen atoms in total. The molecule has 0 fully saturated rings. The SMILES string of the molecule is CC.CC1(C)C2=C(CCC=C2)c2ccc(-c3cc(-c4ccccc4)nc(-c4cccc5c4C4(c6ccccc6-c6ccccc64)c4ccccc4C54C5=C(C=CCC5)c5ccccc54)n3)cc21. The van der Waals surface area contributed by atoms with Crippen LogP contribution in [-0.2, 0) is 16.2 Å². The average Bonchev–Trinajstić information content (AvgIpc) is 3.95. The van der Waals surface area contributed by atoms with Crippen molar-refractivity contribution in [2.45, 2.75) is 69.6 Å². The molecule has 322 valence electrons. The van der Waals surface area contributed by atoms with Crippen LogP contribution >= 0.6 is 0 Å². The van der Waals surface area contributed by atoms with E-state index in [0.717, 1.165) is 59.6 Å². The van der Waals surface area contributed by atoms with Crippen LogP contribution in [0.25, 0.3) is 56.2 Å². The zero-order valence-corrected chi connectivity index (χ0v) is 38.7. The van der Waals surface area contributed by atoms with Crippen LogP contribution in [0, 0.1) is 0 Å². The summed E-state index contributed by atoms with van der Waals surface area (Å²) in [5, 5.41) is 0. The third kappa shape index (κ3) is 5.22. The maximum Gasteiger partial charge on any atom is 0.160 e. The second-order valence-corrected chi connectivity index (χ2v) is 19.3. The van der Waals surface area contributed by atoms with Gasteiger partial charge in [0.15, 0.2) is 5.82 Å². The molecule has 6 aliphatic rings. The Kier molecular flexibility index (Phi) is 8.81. The van der Waals surface area contributed by atoms with Crippen LogP contribution in [-0.4, -0.2) is 9.97 Å². The molecular formula is C65H52N2. The van der Waals surface area contributed by atoms with Gasteiger partial charge in [0.25, 0.3) is 0 Å². The van der Waals surface area contributed by atoms with Crippen molar-refractivity contribution in [1.29, 1.82) is 0 Å². The molecule has 8 aromatic rings. The normalized spacial score (nSPS) is 18.9. The number of fused-ring (bicyclic) bond motifs is 17. The number of hydrogen-bond acceptors (Lipinski definition) is 2. The van der Waals surface area contributed by atoms with Gasteiger partial charge in [-0.25, -0.2) is 9.97 Å². The van der Waals surface area contributed by atoms with E-state index in [-0.39, 0.29) is 5.41 Å². The molecule has 0 saturated heterocycles. The molecule has 14 rings (SSSR count). The van der Waals surface area contributed by atoms with E-state index in [4.69, 9.17) is 9.97 Å². The third-order valence-corrected chi connectivity index (χ3v) is 16.0. The topological polar surface area (TPSA) is 25.8 Å². The highest BCUT2D eigenvalue weighted by atomic mass is 14.9. The number of benzene rings is 7. The molecule has 0 bridgehead atoms. The largest absolute Gasteiger partial charge is 0.228 e. The van der Waals surface area contributed by atoms with E-state index in [1.165, 1.54) is 89.1 Å². The first-order chi connectivity index (χ1) is 33.0. The van der Waals surface area contributed by atoms with Gasteiger partial charge in [-0.2, -0.15) is 0 Å². The van der Waals surface area contributed by atoms with E-state index in [0.29, 0.717) is 0 Å². The van der Waals surface area contributed by atoms with Gasteiger partial charge in [-0.3, -0.25) is 0 Å². The van der Waals surface area contributed by atoms with Gasteiger partial charge >= 0.3 is 0 Å². The van der Waals surface area contributed by atoms with Crippen LogP contribution in [0.1, 0.15) is 109 Å². The molecule has 0 N–H and O–H groups in total. The summed E-state index contributed by atoms with van der Waals surface area (Å²) in [6.07, 6.45) is 13.7. The Morgan fingerprint density at radius 2 is 0.970 bits per heavy atom. The third-order valence-electron chi connectivity index (χ3n) is 16.0. The lowest BCUT2D eigenvalue weighted by atomic mass is 9.51. The summed E-state index contributed by atoms with van der Waals surface area (Å²) in [4.78, 5) is 11.5. The lowest BCUT2D eigenvalue weighted by Gasteiger charge is -2.50. The molecule has 1 atom stereocenters. The molecular weight excluding hydrogens is 809 g/mol. The van der Waals surface area contributed by atoms with Gasteiger partial charge in [0, 0.05) is 22.1 Å². The van der Waals surface area contributed by atoms with Crippen LogP contribution < -0.4 is 0 Å². The fourth-order valence-corrected chi connectivity index (χ4v) is 13.4. The number of allylic oxidation sites excluding steroid dienone is 8. The fourth-order valence-electron chi connectivity index (χ4n) is 13.4. The molecule has 2 heteroatoms. The van der Waals surface area contributed by atoms with Gasteiger partial charge in [-0.15, -0.1) is 0 Å². The molecule has 0 radical (unpaired) electrons. The quantitative estimate of drug-likeness (QED) is 0.177. The number of rotatable bonds is 3. The van der Waals surface area contributed by atoms with Gasteiger partial charge in [0.2, 0.25) is 0 Å². The molecule has 2 spiro atoms. The average molecular weight is 861 g/mol. The Morgan fingerprint density at radius 3 is 1.69 bits per heavy atom. The number of hydrogen-bond donors (Lipinski definition) is 0. The van der Waals surface area contributed by atoms with Gasteiger partial charge in [-0.05, 0) is 127 Å². The highest BCUT2D eigenvalue weighted by Crippen LogP contribution is 2.69. The molecule has 1 unspecified atom stereocenters. The number of nitrogens with zero attached hydrogens (tertiary/aromatic N) is 2. The van der Waals surface area contributed by atoms with Crippen LogP contribution in [0.2, 0.25) is 0 Å². The molecule has 6 aliphatic carbocycles. The zero-order valence-electron chi connectivity index (χ0n) is 38.7. The first kappa shape index (κ1) is 39.9. The van der Waals surface area contributed by atoms with E-state index in [1.807, 2.05) is 13.8 Å². The van der Waals surface area contributed by atoms with E-state index in [2.05, 4.69) is 208 Å². The van der Waals surface area contributed by atoms with Crippen molar-refractivity contribution in [3.05, 3.63) is 261 Å². The zero-order chi connectivity index (χ0) is 45.1. The van der Waals surface area contributed by atoms with Gasteiger partial charge in [0.05, 0.1) is 22.2 Å². The minimum Gasteiger partial charge on any atom is -0.228 e. The molecule has 1 heterocycles. The van der Waals surface area contributed by atoms with E-state index in [1.54, 1.807) is 0 Å². The monoisotopic (exact) mass is 860 g/mol. The minimum absolute atomic E-state index is 0.0923. The summed E-state index contributed by atoms with van der Waals surface area (Å²) < 4.78 is 0. The van der Waals surface area contributed by atoms with E-state index < -0.39 is 10.8 Å². The first-order valence-electron chi connectivity index (χ1n) is 24.4. The van der Waals surface area contributed by atoms with Gasteiger partial charge < -0.3 is 0 Å². The molecule has 1 aromatic heterocycles. The molecule has 67 heavy (non-hydrogen) atoms. The van der Waals surface area contributed by atoms with Crippen LogP contribution in [0.4, 0.5) is 0 Å². The summed E-state index contributed by atoms with van der Waals surface area (Å²) in [5.41, 5.74) is 25.7. The van der Waals surface area contributed by atoms with Crippen molar-refractivity contribution in [1.82, 2.24) is 9.97 Å². The van der Waals surface area contributed by atoms with E-state index in [9.17, 15) is 0 Å². The van der Waals surface area contributed by atoms with Gasteiger partial charge in [-0.1, -0.05) is 210 Å². The summed E-state index contributed by atoms with van der Waals surface area (Å²) >= 11 is 0. The smallest absolute Gasteiger partial charge is 0.160 e.